The van der Waals surface area contributed by atoms with Gasteiger partial charge in [-0.2, -0.15) is 0 Å². The van der Waals surface area contributed by atoms with Crippen LogP contribution in [0, 0.1) is 0 Å². The molecule has 0 radical (unpaired) electrons. The van der Waals surface area contributed by atoms with Gasteiger partial charge in [-0.1, -0.05) is 25.1 Å². The van der Waals surface area contributed by atoms with Crippen molar-refractivity contribution in [1.82, 2.24) is 5.23 Å². The third kappa shape index (κ3) is 5.72. The minimum absolute atomic E-state index is 0.128. The van der Waals surface area contributed by atoms with Gasteiger partial charge in [-0.15, -0.1) is 0 Å². The molecule has 0 aliphatic rings. The van der Waals surface area contributed by atoms with E-state index in [4.69, 9.17) is 4.74 Å². The van der Waals surface area contributed by atoms with Crippen molar-refractivity contribution in [3.63, 3.8) is 0 Å². The highest BCUT2D eigenvalue weighted by Crippen LogP contribution is 2.29. The topological polar surface area (TPSA) is 117 Å². The van der Waals surface area contributed by atoms with Crippen LogP contribution in [0.3, 0.4) is 0 Å². The highest BCUT2D eigenvalue weighted by atomic mass is 32.2. The number of amides is 1. The lowest BCUT2D eigenvalue weighted by atomic mass is 9.86. The van der Waals surface area contributed by atoms with Gasteiger partial charge in [0.25, 0.3) is 10.0 Å². The molecule has 0 aliphatic carbocycles. The van der Waals surface area contributed by atoms with Crippen molar-refractivity contribution in [3.05, 3.63) is 48.5 Å². The highest BCUT2D eigenvalue weighted by Gasteiger charge is 2.21. The zero-order valence-corrected chi connectivity index (χ0v) is 16.8. The van der Waals surface area contributed by atoms with Gasteiger partial charge in [-0.25, -0.2) is 8.42 Å². The molecule has 8 nitrogen and oxygen atoms in total. The van der Waals surface area contributed by atoms with Crippen LogP contribution in [0.1, 0.15) is 13.3 Å². The Hall–Kier alpha value is -2.56. The van der Waals surface area contributed by atoms with Gasteiger partial charge in [0.15, 0.2) is 0 Å². The quantitative estimate of drug-likeness (QED) is 0.474. The molecule has 2 rings (SSSR count). The van der Waals surface area contributed by atoms with Crippen LogP contribution in [0.4, 0.5) is 11.4 Å². The van der Waals surface area contributed by atoms with E-state index in [-0.39, 0.29) is 16.5 Å². The second-order valence-electron chi connectivity index (χ2n) is 6.13. The number of nitrogens with one attached hydrogen (secondary N) is 3. The maximum absolute atomic E-state index is 12.5. The lowest BCUT2D eigenvalue weighted by Crippen LogP contribution is -2.46. The molecule has 0 saturated carbocycles. The lowest BCUT2D eigenvalue weighted by Gasteiger charge is -2.19. The van der Waals surface area contributed by atoms with Crippen LogP contribution in [-0.2, 0) is 14.8 Å². The molecule has 0 unspecified atom stereocenters. The molecule has 1 amide bonds. The third-order valence-corrected chi connectivity index (χ3v) is 5.33. The number of hydrogen-bond donors (Lipinski definition) is 4. The van der Waals surface area contributed by atoms with E-state index in [1.54, 1.807) is 37.3 Å². The number of ether oxygens (including phenoxy) is 1. The predicted octanol–water partition coefficient (Wildman–Crippen LogP) is 1.91. The van der Waals surface area contributed by atoms with Gasteiger partial charge in [0, 0.05) is 0 Å². The van der Waals surface area contributed by atoms with Crippen LogP contribution in [-0.4, -0.2) is 39.6 Å². The summed E-state index contributed by atoms with van der Waals surface area (Å²) in [5.74, 6) is 0.00711. The molecule has 28 heavy (non-hydrogen) atoms. The summed E-state index contributed by atoms with van der Waals surface area (Å²) in [5.41, 5.74) is 0.586. The molecule has 2 aromatic carbocycles. The Morgan fingerprint density at radius 3 is 2.46 bits per heavy atom. The van der Waals surface area contributed by atoms with Crippen molar-refractivity contribution in [1.29, 1.82) is 0 Å². The Bertz CT molecular complexity index is 907. The second kappa shape index (κ2) is 9.58. The SMILES string of the molecule is CC[C@H](NB(C)O)C(=O)Nc1cc(NS(=O)(=O)c2ccccc2)ccc1OC. The van der Waals surface area contributed by atoms with E-state index >= 15 is 0 Å². The standard InChI is InChI=1S/C18H24BN3O5S/c1-4-15(21-19(2)24)18(23)20-16-12-13(10-11-17(16)27-3)22-28(25,26)14-8-6-5-7-9-14/h5-12,15,21-22,24H,4H2,1-3H3,(H,20,23)/t15-/m0/s1. The maximum atomic E-state index is 12.5. The third-order valence-electron chi connectivity index (χ3n) is 3.93. The van der Waals surface area contributed by atoms with Crippen LogP contribution in [0.15, 0.2) is 53.4 Å². The largest absolute Gasteiger partial charge is 0.495 e. The Kier molecular flexibility index (Phi) is 7.44. The molecule has 1 atom stereocenters. The molecule has 2 aromatic rings. The van der Waals surface area contributed by atoms with Crippen molar-refractivity contribution < 1.29 is 23.0 Å². The number of sulfonamides is 1. The van der Waals surface area contributed by atoms with Gasteiger partial charge in [-0.05, 0) is 43.6 Å². The molecular weight excluding hydrogens is 381 g/mol. The molecular formula is C18H24BN3O5S. The Morgan fingerprint density at radius 1 is 1.21 bits per heavy atom. The highest BCUT2D eigenvalue weighted by molar-refractivity contribution is 7.92. The molecule has 4 N–H and O–H groups in total. The monoisotopic (exact) mass is 405 g/mol. The maximum Gasteiger partial charge on any atom is 0.374 e. The lowest BCUT2D eigenvalue weighted by molar-refractivity contribution is -0.117. The molecule has 150 valence electrons. The summed E-state index contributed by atoms with van der Waals surface area (Å²) >= 11 is 0. The number of rotatable bonds is 9. The summed E-state index contributed by atoms with van der Waals surface area (Å²) in [4.78, 5) is 12.6. The minimum Gasteiger partial charge on any atom is -0.495 e. The van der Waals surface area contributed by atoms with Gasteiger partial charge in [0.05, 0.1) is 29.4 Å². The van der Waals surface area contributed by atoms with Crippen molar-refractivity contribution in [3.8, 4) is 5.75 Å². The molecule has 0 aliphatic heterocycles. The first-order valence-corrected chi connectivity index (χ1v) is 10.3. The average Bonchev–Trinajstić information content (AvgIpc) is 2.66. The minimum atomic E-state index is -3.76. The normalized spacial score (nSPS) is 12.1. The molecule has 0 heterocycles. The van der Waals surface area contributed by atoms with E-state index in [1.165, 1.54) is 32.1 Å². The van der Waals surface area contributed by atoms with Gasteiger partial charge >= 0.3 is 7.05 Å². The molecule has 0 aromatic heterocycles. The smallest absolute Gasteiger partial charge is 0.374 e. The average molecular weight is 405 g/mol. The summed E-state index contributed by atoms with van der Waals surface area (Å²) in [5, 5.41) is 14.9. The molecule has 0 saturated heterocycles. The van der Waals surface area contributed by atoms with Crippen LogP contribution in [0.2, 0.25) is 6.82 Å². The first-order valence-electron chi connectivity index (χ1n) is 8.77. The van der Waals surface area contributed by atoms with E-state index in [0.717, 1.165) is 0 Å². The van der Waals surface area contributed by atoms with Crippen molar-refractivity contribution in [2.75, 3.05) is 17.1 Å². The Morgan fingerprint density at radius 2 is 1.89 bits per heavy atom. The second-order valence-corrected chi connectivity index (χ2v) is 7.81. The molecule has 0 bridgehead atoms. The van der Waals surface area contributed by atoms with Gasteiger partial charge < -0.3 is 20.3 Å². The van der Waals surface area contributed by atoms with Crippen molar-refractivity contribution in [2.24, 2.45) is 0 Å². The summed E-state index contributed by atoms with van der Waals surface area (Å²) in [6.45, 7) is 3.33. The van der Waals surface area contributed by atoms with E-state index < -0.39 is 23.1 Å². The van der Waals surface area contributed by atoms with Crippen LogP contribution in [0.5, 0.6) is 5.75 Å². The van der Waals surface area contributed by atoms with Crippen molar-refractivity contribution >= 4 is 34.4 Å². The fraction of sp³-hybridized carbons (Fsp3) is 0.278. The first-order chi connectivity index (χ1) is 13.3. The van der Waals surface area contributed by atoms with Gasteiger partial charge in [0.1, 0.15) is 5.75 Å². The summed E-state index contributed by atoms with van der Waals surface area (Å²) < 4.78 is 32.7. The first kappa shape index (κ1) is 21.7. The van der Waals surface area contributed by atoms with E-state index in [9.17, 15) is 18.2 Å². The number of carbonyl (C=O) groups is 1. The number of anilines is 2. The fourth-order valence-corrected chi connectivity index (χ4v) is 3.64. The van der Waals surface area contributed by atoms with E-state index in [1.807, 2.05) is 0 Å². The number of carbonyl (C=O) groups excluding carboxylic acids is 1. The molecule has 0 fully saturated rings. The van der Waals surface area contributed by atoms with Gasteiger partial charge in [0.2, 0.25) is 5.91 Å². The summed E-state index contributed by atoms with van der Waals surface area (Å²) in [6.07, 6.45) is 0.458. The summed E-state index contributed by atoms with van der Waals surface area (Å²) in [6, 6.07) is 11.9. The Labute approximate surface area is 165 Å². The molecule has 0 spiro atoms. The zero-order valence-electron chi connectivity index (χ0n) is 16.0. The zero-order chi connectivity index (χ0) is 20.7. The van der Waals surface area contributed by atoms with Crippen LogP contribution < -0.4 is 20.0 Å². The Balaban J connectivity index is 2.25. The number of benzene rings is 2. The fourth-order valence-electron chi connectivity index (χ4n) is 2.57. The molecule has 10 heteroatoms. The summed E-state index contributed by atoms with van der Waals surface area (Å²) in [7, 11) is -3.16. The number of hydrogen-bond acceptors (Lipinski definition) is 6. The van der Waals surface area contributed by atoms with E-state index in [2.05, 4.69) is 15.3 Å². The van der Waals surface area contributed by atoms with Gasteiger partial charge in [-0.3, -0.25) is 9.52 Å². The van der Waals surface area contributed by atoms with Crippen LogP contribution >= 0.6 is 0 Å². The number of methoxy groups -OCH3 is 1. The predicted molar refractivity (Wildman–Crippen MR) is 110 cm³/mol. The van der Waals surface area contributed by atoms with Crippen LogP contribution in [0.25, 0.3) is 0 Å². The van der Waals surface area contributed by atoms with Crippen molar-refractivity contribution in [2.45, 2.75) is 31.1 Å². The van der Waals surface area contributed by atoms with E-state index in [0.29, 0.717) is 17.9 Å².